The molecule has 2 heterocycles. The number of aryl methyl sites for hydroxylation is 2. The van der Waals surface area contributed by atoms with Gasteiger partial charge in [-0.1, -0.05) is 0 Å². The zero-order chi connectivity index (χ0) is 18.9. The van der Waals surface area contributed by atoms with E-state index < -0.39 is 11.7 Å². The van der Waals surface area contributed by atoms with Gasteiger partial charge in [0, 0.05) is 18.2 Å². The Labute approximate surface area is 151 Å². The average molecular weight is 364 g/mol. The minimum absolute atomic E-state index is 0.187. The Kier molecular flexibility index (Phi) is 5.18. The normalized spacial score (nSPS) is 18.8. The van der Waals surface area contributed by atoms with Gasteiger partial charge < -0.3 is 10.2 Å². The van der Waals surface area contributed by atoms with Gasteiger partial charge in [0.15, 0.2) is 0 Å². The lowest BCUT2D eigenvalue weighted by Crippen LogP contribution is -2.39. The quantitative estimate of drug-likeness (QED) is 0.882. The number of nitrogens with zero attached hydrogens (tertiary/aromatic N) is 3. The van der Waals surface area contributed by atoms with E-state index in [0.29, 0.717) is 28.7 Å². The lowest BCUT2D eigenvalue weighted by atomic mass is 9.97. The molecule has 140 valence electrons. The van der Waals surface area contributed by atoms with Crippen molar-refractivity contribution in [1.29, 1.82) is 0 Å². The minimum atomic E-state index is -4.35. The largest absolute Gasteiger partial charge is 0.416 e. The number of rotatable bonds is 3. The van der Waals surface area contributed by atoms with E-state index in [9.17, 15) is 13.2 Å². The second-order valence-corrected chi connectivity index (χ2v) is 7.03. The minimum Gasteiger partial charge on any atom is -0.365 e. The summed E-state index contributed by atoms with van der Waals surface area (Å²) < 4.78 is 39.1. The van der Waals surface area contributed by atoms with E-state index >= 15 is 0 Å². The first-order valence-corrected chi connectivity index (χ1v) is 8.71. The molecule has 0 saturated carbocycles. The maximum absolute atomic E-state index is 13.0. The van der Waals surface area contributed by atoms with Gasteiger partial charge in [-0.05, 0) is 75.7 Å². The van der Waals surface area contributed by atoms with Crippen LogP contribution < -0.4 is 5.32 Å². The van der Waals surface area contributed by atoms with Crippen LogP contribution in [0, 0.1) is 13.8 Å². The van der Waals surface area contributed by atoms with Crippen molar-refractivity contribution in [2.24, 2.45) is 0 Å². The van der Waals surface area contributed by atoms with Crippen molar-refractivity contribution in [3.8, 4) is 11.3 Å². The molecule has 0 amide bonds. The molecule has 7 heteroatoms. The molecule has 0 radical (unpaired) electrons. The third-order valence-corrected chi connectivity index (χ3v) is 4.79. The van der Waals surface area contributed by atoms with Crippen molar-refractivity contribution < 1.29 is 13.2 Å². The summed E-state index contributed by atoms with van der Waals surface area (Å²) in [5, 5.41) is 11.8. The molecule has 0 bridgehead atoms. The maximum Gasteiger partial charge on any atom is 0.416 e. The summed E-state index contributed by atoms with van der Waals surface area (Å²) in [6.07, 6.45) is -2.12. The summed E-state index contributed by atoms with van der Waals surface area (Å²) in [7, 11) is 2.10. The highest BCUT2D eigenvalue weighted by Gasteiger charge is 2.33. The number of likely N-dealkylation sites (tertiary alicyclic amines) is 1. The number of alkyl halides is 3. The number of piperidine rings is 1. The molecule has 1 aliphatic heterocycles. The van der Waals surface area contributed by atoms with E-state index in [2.05, 4.69) is 27.5 Å². The predicted octanol–water partition coefficient (Wildman–Crippen LogP) is 4.29. The Balaban J connectivity index is 1.79. The number of anilines is 1. The van der Waals surface area contributed by atoms with Crippen molar-refractivity contribution in [2.75, 3.05) is 25.5 Å². The summed E-state index contributed by atoms with van der Waals surface area (Å²) in [4.78, 5) is 2.28. The molecule has 0 unspecified atom stereocenters. The van der Waals surface area contributed by atoms with Crippen LogP contribution in [-0.4, -0.2) is 41.3 Å². The number of likely N-dealkylation sites (N-methyl/N-ethyl adjacent to an activating group) is 1. The van der Waals surface area contributed by atoms with Crippen LogP contribution >= 0.6 is 0 Å². The molecule has 26 heavy (non-hydrogen) atoms. The second kappa shape index (κ2) is 7.23. The lowest BCUT2D eigenvalue weighted by molar-refractivity contribution is -0.138. The van der Waals surface area contributed by atoms with Crippen LogP contribution in [0.25, 0.3) is 11.3 Å². The first-order valence-electron chi connectivity index (χ1n) is 8.71. The van der Waals surface area contributed by atoms with Crippen molar-refractivity contribution in [2.45, 2.75) is 38.9 Å². The first-order chi connectivity index (χ1) is 12.2. The molecule has 1 N–H and O–H groups in total. The number of benzene rings is 1. The van der Waals surface area contributed by atoms with Crippen molar-refractivity contribution in [1.82, 2.24) is 15.1 Å². The Morgan fingerprint density at radius 3 is 2.50 bits per heavy atom. The van der Waals surface area contributed by atoms with Crippen LogP contribution in [0.2, 0.25) is 0 Å². The first kappa shape index (κ1) is 18.6. The predicted molar refractivity (Wildman–Crippen MR) is 96.1 cm³/mol. The molecule has 3 rings (SSSR count). The van der Waals surface area contributed by atoms with E-state index in [-0.39, 0.29) is 5.56 Å². The highest BCUT2D eigenvalue weighted by Crippen LogP contribution is 2.35. The zero-order valence-corrected chi connectivity index (χ0v) is 15.2. The third-order valence-electron chi connectivity index (χ3n) is 4.79. The highest BCUT2D eigenvalue weighted by atomic mass is 19.4. The van der Waals surface area contributed by atoms with E-state index in [0.717, 1.165) is 25.9 Å². The van der Waals surface area contributed by atoms with Crippen molar-refractivity contribution >= 4 is 5.82 Å². The molecular formula is C19H23F3N4. The number of hydrogen-bond acceptors (Lipinski definition) is 4. The monoisotopic (exact) mass is 364 g/mol. The van der Waals surface area contributed by atoms with Crippen LogP contribution in [0.4, 0.5) is 19.0 Å². The van der Waals surface area contributed by atoms with Crippen molar-refractivity contribution in [3.63, 3.8) is 0 Å². The average Bonchev–Trinajstić information content (AvgIpc) is 2.56. The van der Waals surface area contributed by atoms with Crippen LogP contribution in [0.5, 0.6) is 0 Å². The highest BCUT2D eigenvalue weighted by molar-refractivity contribution is 5.66. The van der Waals surface area contributed by atoms with E-state index in [1.54, 1.807) is 13.0 Å². The molecule has 2 aromatic rings. The van der Waals surface area contributed by atoms with E-state index in [1.807, 2.05) is 6.07 Å². The Bertz CT molecular complexity index is 772. The summed E-state index contributed by atoms with van der Waals surface area (Å²) in [6, 6.07) is 6.69. The summed E-state index contributed by atoms with van der Waals surface area (Å²) in [5.74, 6) is 0.690. The molecular weight excluding hydrogens is 341 g/mol. The lowest BCUT2D eigenvalue weighted by Gasteiger charge is -2.30. The summed E-state index contributed by atoms with van der Waals surface area (Å²) >= 11 is 0. The van der Waals surface area contributed by atoms with Crippen LogP contribution in [0.1, 0.15) is 29.5 Å². The van der Waals surface area contributed by atoms with Gasteiger partial charge in [0.25, 0.3) is 0 Å². The van der Waals surface area contributed by atoms with Crippen LogP contribution in [-0.2, 0) is 6.18 Å². The Morgan fingerprint density at radius 1 is 1.12 bits per heavy atom. The molecule has 1 aromatic heterocycles. The molecule has 0 aliphatic carbocycles. The molecule has 0 spiro atoms. The fraction of sp³-hybridized carbons (Fsp3) is 0.474. The standard InChI is InChI=1S/C19H23F3N4/c1-12-10-16(19(20,21)22)13(2)9-15(12)17-6-7-18(25-24-17)23-14-5-4-8-26(3)11-14/h6-7,9-10,14H,4-5,8,11H2,1-3H3,(H,23,25)/t14-/m1/s1. The molecule has 1 saturated heterocycles. The number of hydrogen-bond donors (Lipinski definition) is 1. The SMILES string of the molecule is Cc1cc(C(F)(F)F)c(C)cc1-c1ccc(N[C@@H]2CCCN(C)C2)nn1. The fourth-order valence-corrected chi connectivity index (χ4v) is 3.44. The fourth-order valence-electron chi connectivity index (χ4n) is 3.44. The van der Waals surface area contributed by atoms with Gasteiger partial charge in [-0.25, -0.2) is 0 Å². The van der Waals surface area contributed by atoms with Gasteiger partial charge in [-0.2, -0.15) is 13.2 Å². The molecule has 4 nitrogen and oxygen atoms in total. The second-order valence-electron chi connectivity index (χ2n) is 7.03. The van der Waals surface area contributed by atoms with Crippen LogP contribution in [0.15, 0.2) is 24.3 Å². The van der Waals surface area contributed by atoms with Gasteiger partial charge in [0.1, 0.15) is 5.82 Å². The van der Waals surface area contributed by atoms with E-state index in [4.69, 9.17) is 0 Å². The van der Waals surface area contributed by atoms with Gasteiger partial charge in [0.05, 0.1) is 11.3 Å². The smallest absolute Gasteiger partial charge is 0.365 e. The van der Waals surface area contributed by atoms with Gasteiger partial charge in [-0.3, -0.25) is 0 Å². The molecule has 1 aromatic carbocycles. The molecule has 1 atom stereocenters. The summed E-state index contributed by atoms with van der Waals surface area (Å²) in [6.45, 7) is 5.19. The number of aromatic nitrogens is 2. The van der Waals surface area contributed by atoms with Crippen LogP contribution in [0.3, 0.4) is 0 Å². The summed E-state index contributed by atoms with van der Waals surface area (Å²) in [5.41, 5.74) is 1.36. The Hall–Kier alpha value is -2.15. The van der Waals surface area contributed by atoms with Gasteiger partial charge in [0.2, 0.25) is 0 Å². The number of halogens is 3. The maximum atomic E-state index is 13.0. The van der Waals surface area contributed by atoms with Gasteiger partial charge >= 0.3 is 6.18 Å². The third kappa shape index (κ3) is 4.15. The number of nitrogens with one attached hydrogen (secondary N) is 1. The molecule has 1 fully saturated rings. The topological polar surface area (TPSA) is 41.0 Å². The zero-order valence-electron chi connectivity index (χ0n) is 15.2. The molecule has 1 aliphatic rings. The van der Waals surface area contributed by atoms with Gasteiger partial charge in [-0.15, -0.1) is 10.2 Å². The Morgan fingerprint density at radius 2 is 1.88 bits per heavy atom. The van der Waals surface area contributed by atoms with E-state index in [1.165, 1.54) is 19.1 Å². The van der Waals surface area contributed by atoms with Crippen molar-refractivity contribution in [3.05, 3.63) is 41.0 Å².